The van der Waals surface area contributed by atoms with Gasteiger partial charge in [0.15, 0.2) is 0 Å². The van der Waals surface area contributed by atoms with E-state index in [4.69, 9.17) is 0 Å². The minimum atomic E-state index is -3.37. The van der Waals surface area contributed by atoms with Crippen molar-refractivity contribution in [2.45, 2.75) is 43.7 Å². The monoisotopic (exact) mass is 286 g/mol. The largest absolute Gasteiger partial charge is 0.318 e. The minimum absolute atomic E-state index is 0.144. The van der Waals surface area contributed by atoms with Crippen LogP contribution < -0.4 is 5.32 Å². The second kappa shape index (κ2) is 6.02. The molecule has 19 heavy (non-hydrogen) atoms. The van der Waals surface area contributed by atoms with Gasteiger partial charge in [-0.05, 0) is 26.3 Å². The Morgan fingerprint density at radius 2 is 2.32 bits per heavy atom. The molecular formula is C12H22N4O2S. The van der Waals surface area contributed by atoms with Gasteiger partial charge in [-0.3, -0.25) is 4.68 Å². The summed E-state index contributed by atoms with van der Waals surface area (Å²) < 4.78 is 28.4. The van der Waals surface area contributed by atoms with E-state index in [-0.39, 0.29) is 6.04 Å². The third-order valence-corrected chi connectivity index (χ3v) is 5.51. The fourth-order valence-corrected chi connectivity index (χ4v) is 4.22. The molecule has 0 spiro atoms. The first-order valence-corrected chi connectivity index (χ1v) is 8.22. The van der Waals surface area contributed by atoms with Crippen LogP contribution in [0, 0.1) is 0 Å². The third-order valence-electron chi connectivity index (χ3n) is 3.60. The molecule has 6 nitrogen and oxygen atoms in total. The molecule has 1 fully saturated rings. The van der Waals surface area contributed by atoms with Crippen LogP contribution in [0.4, 0.5) is 0 Å². The number of hydrogen-bond donors (Lipinski definition) is 1. The van der Waals surface area contributed by atoms with E-state index in [0.717, 1.165) is 25.8 Å². The van der Waals surface area contributed by atoms with Crippen LogP contribution in [-0.2, 0) is 16.6 Å². The van der Waals surface area contributed by atoms with Crippen molar-refractivity contribution in [2.75, 3.05) is 20.1 Å². The lowest BCUT2D eigenvalue weighted by Gasteiger charge is -2.21. The van der Waals surface area contributed by atoms with Gasteiger partial charge in [0.2, 0.25) is 10.0 Å². The number of likely N-dealkylation sites (N-methyl/N-ethyl adjacent to an activating group) is 1. The lowest BCUT2D eigenvalue weighted by Crippen LogP contribution is -2.34. The van der Waals surface area contributed by atoms with Gasteiger partial charge in [0, 0.05) is 25.3 Å². The number of nitrogens with one attached hydrogen (secondary N) is 1. The van der Waals surface area contributed by atoms with Crippen molar-refractivity contribution in [2.24, 2.45) is 0 Å². The van der Waals surface area contributed by atoms with Crippen LogP contribution in [0.15, 0.2) is 17.3 Å². The van der Waals surface area contributed by atoms with Crippen molar-refractivity contribution in [3.05, 3.63) is 12.4 Å². The average molecular weight is 286 g/mol. The Labute approximate surface area is 114 Å². The average Bonchev–Trinajstić information content (AvgIpc) is 3.05. The molecule has 0 amide bonds. The molecule has 1 atom stereocenters. The highest BCUT2D eigenvalue weighted by molar-refractivity contribution is 7.89. The molecule has 0 aromatic carbocycles. The maximum Gasteiger partial charge on any atom is 0.246 e. The fourth-order valence-electron chi connectivity index (χ4n) is 2.50. The first-order valence-electron chi connectivity index (χ1n) is 6.78. The van der Waals surface area contributed by atoms with E-state index in [9.17, 15) is 8.42 Å². The highest BCUT2D eigenvalue weighted by Crippen LogP contribution is 2.27. The summed E-state index contributed by atoms with van der Waals surface area (Å²) in [5.74, 6) is 0. The van der Waals surface area contributed by atoms with Gasteiger partial charge >= 0.3 is 0 Å². The number of aromatic nitrogens is 2. The van der Waals surface area contributed by atoms with Crippen LogP contribution in [-0.4, -0.2) is 48.7 Å². The molecule has 1 unspecified atom stereocenters. The van der Waals surface area contributed by atoms with Gasteiger partial charge in [0.1, 0.15) is 4.90 Å². The third kappa shape index (κ3) is 2.98. The first-order chi connectivity index (χ1) is 9.09. The molecule has 2 heterocycles. The first kappa shape index (κ1) is 14.5. The summed E-state index contributed by atoms with van der Waals surface area (Å²) in [7, 11) is -1.52. The molecule has 1 aliphatic rings. The van der Waals surface area contributed by atoms with Gasteiger partial charge in [-0.1, -0.05) is 6.92 Å². The molecule has 7 heteroatoms. The van der Waals surface area contributed by atoms with Crippen LogP contribution in [0.5, 0.6) is 0 Å². The zero-order valence-electron chi connectivity index (χ0n) is 11.5. The van der Waals surface area contributed by atoms with Crippen LogP contribution in [0.1, 0.15) is 26.2 Å². The van der Waals surface area contributed by atoms with E-state index < -0.39 is 10.0 Å². The Balaban J connectivity index is 2.17. The number of sulfonamides is 1. The molecule has 2 rings (SSSR count). The predicted octanol–water partition coefficient (Wildman–Crippen LogP) is 0.666. The summed E-state index contributed by atoms with van der Waals surface area (Å²) in [6.07, 6.45) is 5.86. The van der Waals surface area contributed by atoms with Gasteiger partial charge in [0.25, 0.3) is 0 Å². The summed E-state index contributed by atoms with van der Waals surface area (Å²) in [5.41, 5.74) is 0. The maximum absolute atomic E-state index is 12.5. The van der Waals surface area contributed by atoms with E-state index in [1.54, 1.807) is 15.2 Å². The fraction of sp³-hybridized carbons (Fsp3) is 0.750. The maximum atomic E-state index is 12.5. The standard InChI is InChI=1S/C12H22N4O2S/c1-3-11-5-4-7-16(11)19(17,18)12-9-14-15(10-12)8-6-13-2/h9-11,13H,3-8H2,1-2H3. The minimum Gasteiger partial charge on any atom is -0.318 e. The van der Waals surface area contributed by atoms with Gasteiger partial charge < -0.3 is 5.32 Å². The molecule has 108 valence electrons. The Kier molecular flexibility index (Phi) is 4.59. The zero-order valence-corrected chi connectivity index (χ0v) is 12.4. The predicted molar refractivity (Wildman–Crippen MR) is 73.4 cm³/mol. The van der Waals surface area contributed by atoms with Crippen molar-refractivity contribution in [1.82, 2.24) is 19.4 Å². The molecule has 1 aromatic heterocycles. The SMILES string of the molecule is CCC1CCCN1S(=O)(=O)c1cnn(CCNC)c1. The van der Waals surface area contributed by atoms with Gasteiger partial charge in [-0.2, -0.15) is 9.40 Å². The smallest absolute Gasteiger partial charge is 0.246 e. The van der Waals surface area contributed by atoms with Crippen LogP contribution >= 0.6 is 0 Å². The van der Waals surface area contributed by atoms with Crippen LogP contribution in [0.25, 0.3) is 0 Å². The summed E-state index contributed by atoms with van der Waals surface area (Å²) in [4.78, 5) is 0.309. The number of nitrogens with zero attached hydrogens (tertiary/aromatic N) is 3. The van der Waals surface area contributed by atoms with E-state index >= 15 is 0 Å². The van der Waals surface area contributed by atoms with E-state index in [0.29, 0.717) is 18.0 Å². The molecule has 1 aliphatic heterocycles. The normalized spacial score (nSPS) is 21.1. The van der Waals surface area contributed by atoms with Crippen molar-refractivity contribution in [3.63, 3.8) is 0 Å². The van der Waals surface area contributed by atoms with E-state index in [1.165, 1.54) is 6.20 Å². The van der Waals surface area contributed by atoms with E-state index in [1.807, 2.05) is 14.0 Å². The number of rotatable bonds is 6. The topological polar surface area (TPSA) is 67.2 Å². The summed E-state index contributed by atoms with van der Waals surface area (Å²) >= 11 is 0. The molecular weight excluding hydrogens is 264 g/mol. The molecule has 0 bridgehead atoms. The van der Waals surface area contributed by atoms with Gasteiger partial charge in [-0.25, -0.2) is 8.42 Å². The van der Waals surface area contributed by atoms with Gasteiger partial charge in [0.05, 0.1) is 12.7 Å². The van der Waals surface area contributed by atoms with E-state index in [2.05, 4.69) is 10.4 Å². The van der Waals surface area contributed by atoms with Crippen LogP contribution in [0.2, 0.25) is 0 Å². The second-order valence-electron chi connectivity index (χ2n) is 4.86. The molecule has 1 saturated heterocycles. The van der Waals surface area contributed by atoms with Gasteiger partial charge in [-0.15, -0.1) is 0 Å². The highest BCUT2D eigenvalue weighted by atomic mass is 32.2. The van der Waals surface area contributed by atoms with Crippen molar-refractivity contribution >= 4 is 10.0 Å². The molecule has 0 radical (unpaired) electrons. The summed E-state index contributed by atoms with van der Waals surface area (Å²) in [6, 6.07) is 0.144. The van der Waals surface area contributed by atoms with Crippen LogP contribution in [0.3, 0.4) is 0 Å². The zero-order chi connectivity index (χ0) is 13.9. The lowest BCUT2D eigenvalue weighted by atomic mass is 10.2. The lowest BCUT2D eigenvalue weighted by molar-refractivity contribution is 0.379. The molecule has 0 saturated carbocycles. The Hall–Kier alpha value is -0.920. The Bertz CT molecular complexity index is 512. The van der Waals surface area contributed by atoms with Crippen molar-refractivity contribution < 1.29 is 8.42 Å². The molecule has 1 N–H and O–H groups in total. The highest BCUT2D eigenvalue weighted by Gasteiger charge is 2.34. The summed E-state index contributed by atoms with van der Waals surface area (Å²) in [5, 5.41) is 7.13. The molecule has 0 aliphatic carbocycles. The summed E-state index contributed by atoms with van der Waals surface area (Å²) in [6.45, 7) is 4.10. The Morgan fingerprint density at radius 1 is 1.53 bits per heavy atom. The quantitative estimate of drug-likeness (QED) is 0.834. The Morgan fingerprint density at radius 3 is 3.00 bits per heavy atom. The van der Waals surface area contributed by atoms with Crippen molar-refractivity contribution in [3.8, 4) is 0 Å². The van der Waals surface area contributed by atoms with Crippen molar-refractivity contribution in [1.29, 1.82) is 0 Å². The number of hydrogen-bond acceptors (Lipinski definition) is 4. The second-order valence-corrected chi connectivity index (χ2v) is 6.75. The molecule has 1 aromatic rings.